The highest BCUT2D eigenvalue weighted by molar-refractivity contribution is 6.34. The average Bonchev–Trinajstić information content (AvgIpc) is 2.83. The van der Waals surface area contributed by atoms with E-state index in [0.29, 0.717) is 10.0 Å². The van der Waals surface area contributed by atoms with Crippen molar-refractivity contribution in [1.29, 1.82) is 0 Å². The Balaban J connectivity index is 2.41. The molecule has 0 saturated carbocycles. The van der Waals surface area contributed by atoms with Crippen molar-refractivity contribution in [2.24, 2.45) is 0 Å². The van der Waals surface area contributed by atoms with E-state index in [1.54, 1.807) is 12.3 Å². The summed E-state index contributed by atoms with van der Waals surface area (Å²) < 4.78 is 1.92. The molecule has 1 heterocycles. The predicted octanol–water partition coefficient (Wildman–Crippen LogP) is 3.69. The molecule has 1 N–H and O–H groups in total. The van der Waals surface area contributed by atoms with Crippen molar-refractivity contribution in [3.8, 4) is 0 Å². The van der Waals surface area contributed by atoms with Gasteiger partial charge in [-0.15, -0.1) is 5.10 Å². The molecule has 1 atom stereocenters. The van der Waals surface area contributed by atoms with Gasteiger partial charge in [0.15, 0.2) is 0 Å². The van der Waals surface area contributed by atoms with E-state index in [9.17, 15) is 0 Å². The monoisotopic (exact) mass is 312 g/mol. The number of rotatable bonds is 6. The molecule has 2 rings (SSSR count). The van der Waals surface area contributed by atoms with Gasteiger partial charge in [-0.2, -0.15) is 0 Å². The Hall–Kier alpha value is -1.10. The Kier molecular flexibility index (Phi) is 5.40. The third kappa shape index (κ3) is 3.51. The first-order valence-corrected chi connectivity index (χ1v) is 7.49. The Bertz CT molecular complexity index is 548. The van der Waals surface area contributed by atoms with Gasteiger partial charge in [-0.05, 0) is 36.7 Å². The first-order chi connectivity index (χ1) is 9.65. The van der Waals surface area contributed by atoms with Crippen molar-refractivity contribution in [2.75, 3.05) is 6.54 Å². The smallest absolute Gasteiger partial charge is 0.0802 e. The van der Waals surface area contributed by atoms with Crippen molar-refractivity contribution >= 4 is 23.2 Å². The molecule has 1 unspecified atom stereocenters. The second-order valence-corrected chi connectivity index (χ2v) is 5.45. The molecule has 6 heteroatoms. The summed E-state index contributed by atoms with van der Waals surface area (Å²) in [4.78, 5) is 0. The lowest BCUT2D eigenvalue weighted by atomic mass is 10.0. The van der Waals surface area contributed by atoms with Crippen molar-refractivity contribution in [3.05, 3.63) is 45.7 Å². The number of benzene rings is 1. The maximum Gasteiger partial charge on any atom is 0.0802 e. The number of halogens is 2. The maximum absolute atomic E-state index is 6.11. The van der Waals surface area contributed by atoms with Crippen LogP contribution >= 0.6 is 23.2 Å². The van der Waals surface area contributed by atoms with Gasteiger partial charge in [0.2, 0.25) is 0 Å². The molecule has 1 aromatic heterocycles. The zero-order valence-electron chi connectivity index (χ0n) is 11.6. The highest BCUT2D eigenvalue weighted by Crippen LogP contribution is 2.27. The van der Waals surface area contributed by atoms with Crippen LogP contribution in [-0.4, -0.2) is 21.5 Å². The minimum atomic E-state index is -0.0160. The maximum atomic E-state index is 6.11. The molecular formula is C14H18Cl2N4. The van der Waals surface area contributed by atoms with Crippen molar-refractivity contribution in [2.45, 2.75) is 32.9 Å². The summed E-state index contributed by atoms with van der Waals surface area (Å²) >= 11 is 12.2. The van der Waals surface area contributed by atoms with Gasteiger partial charge in [-0.3, -0.25) is 0 Å². The molecule has 0 aliphatic carbocycles. The fourth-order valence-electron chi connectivity index (χ4n) is 2.21. The standard InChI is InChI=1S/C14H18Cl2N4/c1-3-5-20-13(9-18-19-20)14(17-4-2)10-6-11(15)8-12(16)7-10/h6-9,14,17H,3-5H2,1-2H3. The summed E-state index contributed by atoms with van der Waals surface area (Å²) in [6.07, 6.45) is 2.79. The molecule has 0 amide bonds. The number of aryl methyl sites for hydroxylation is 1. The summed E-state index contributed by atoms with van der Waals surface area (Å²) in [6.45, 7) is 5.84. The van der Waals surface area contributed by atoms with Gasteiger partial charge in [0.25, 0.3) is 0 Å². The van der Waals surface area contributed by atoms with Crippen LogP contribution in [0, 0.1) is 0 Å². The minimum Gasteiger partial charge on any atom is -0.305 e. The lowest BCUT2D eigenvalue weighted by Crippen LogP contribution is -2.25. The van der Waals surface area contributed by atoms with Crippen LogP contribution in [0.5, 0.6) is 0 Å². The highest BCUT2D eigenvalue weighted by atomic mass is 35.5. The topological polar surface area (TPSA) is 42.7 Å². The Morgan fingerprint density at radius 2 is 1.90 bits per heavy atom. The van der Waals surface area contributed by atoms with E-state index in [2.05, 4.69) is 29.5 Å². The molecule has 0 bridgehead atoms. The van der Waals surface area contributed by atoms with Gasteiger partial charge in [0.1, 0.15) is 0 Å². The van der Waals surface area contributed by atoms with E-state index in [1.165, 1.54) is 0 Å². The van der Waals surface area contributed by atoms with Crippen LogP contribution in [0.4, 0.5) is 0 Å². The van der Waals surface area contributed by atoms with Gasteiger partial charge in [0.05, 0.1) is 17.9 Å². The van der Waals surface area contributed by atoms with E-state index < -0.39 is 0 Å². The fraction of sp³-hybridized carbons (Fsp3) is 0.429. The molecule has 0 aliphatic rings. The molecule has 0 aliphatic heterocycles. The SMILES string of the molecule is CCCn1nncc1C(NCC)c1cc(Cl)cc(Cl)c1. The quantitative estimate of drug-likeness (QED) is 0.884. The van der Waals surface area contributed by atoms with Crippen molar-refractivity contribution < 1.29 is 0 Å². The number of hydrogen-bond acceptors (Lipinski definition) is 3. The molecule has 0 radical (unpaired) electrons. The summed E-state index contributed by atoms with van der Waals surface area (Å²) in [5, 5.41) is 12.9. The second kappa shape index (κ2) is 7.07. The lowest BCUT2D eigenvalue weighted by molar-refractivity contribution is 0.511. The lowest BCUT2D eigenvalue weighted by Gasteiger charge is -2.19. The van der Waals surface area contributed by atoms with Crippen LogP contribution in [0.25, 0.3) is 0 Å². The Morgan fingerprint density at radius 1 is 1.20 bits per heavy atom. The first-order valence-electron chi connectivity index (χ1n) is 6.73. The van der Waals surface area contributed by atoms with Gasteiger partial charge < -0.3 is 5.32 Å². The summed E-state index contributed by atoms with van der Waals surface area (Å²) in [7, 11) is 0. The van der Waals surface area contributed by atoms with Crippen LogP contribution in [0.2, 0.25) is 10.0 Å². The molecule has 0 spiro atoms. The van der Waals surface area contributed by atoms with Crippen LogP contribution in [0.3, 0.4) is 0 Å². The normalized spacial score (nSPS) is 12.6. The highest BCUT2D eigenvalue weighted by Gasteiger charge is 2.19. The van der Waals surface area contributed by atoms with Crippen LogP contribution in [-0.2, 0) is 6.54 Å². The third-order valence-electron chi connectivity index (χ3n) is 3.01. The van der Waals surface area contributed by atoms with Crippen molar-refractivity contribution in [3.63, 3.8) is 0 Å². The van der Waals surface area contributed by atoms with Crippen LogP contribution < -0.4 is 5.32 Å². The van der Waals surface area contributed by atoms with Crippen LogP contribution in [0.15, 0.2) is 24.4 Å². The Labute approximate surface area is 129 Å². The predicted molar refractivity (Wildman–Crippen MR) is 82.3 cm³/mol. The molecule has 4 nitrogen and oxygen atoms in total. The number of hydrogen-bond donors (Lipinski definition) is 1. The number of aromatic nitrogens is 3. The molecule has 0 saturated heterocycles. The van der Waals surface area contributed by atoms with Crippen LogP contribution in [0.1, 0.15) is 37.6 Å². The second-order valence-electron chi connectivity index (χ2n) is 4.58. The van der Waals surface area contributed by atoms with Gasteiger partial charge >= 0.3 is 0 Å². The Morgan fingerprint density at radius 3 is 2.50 bits per heavy atom. The summed E-state index contributed by atoms with van der Waals surface area (Å²) in [5.41, 5.74) is 2.04. The van der Waals surface area contributed by atoms with Crippen molar-refractivity contribution in [1.82, 2.24) is 20.3 Å². The fourth-order valence-corrected chi connectivity index (χ4v) is 2.76. The molecule has 1 aromatic carbocycles. The number of nitrogens with one attached hydrogen (secondary N) is 1. The molecule has 2 aromatic rings. The molecular weight excluding hydrogens is 295 g/mol. The van der Waals surface area contributed by atoms with E-state index in [0.717, 1.165) is 30.8 Å². The van der Waals surface area contributed by atoms with E-state index >= 15 is 0 Å². The van der Waals surface area contributed by atoms with E-state index in [4.69, 9.17) is 23.2 Å². The summed E-state index contributed by atoms with van der Waals surface area (Å²) in [6, 6.07) is 5.56. The minimum absolute atomic E-state index is 0.0160. The molecule has 108 valence electrons. The van der Waals surface area contributed by atoms with E-state index in [-0.39, 0.29) is 6.04 Å². The average molecular weight is 313 g/mol. The largest absolute Gasteiger partial charge is 0.305 e. The van der Waals surface area contributed by atoms with E-state index in [1.807, 2.05) is 16.8 Å². The first kappa shape index (κ1) is 15.3. The molecule has 0 fully saturated rings. The van der Waals surface area contributed by atoms with Gasteiger partial charge in [-0.25, -0.2) is 4.68 Å². The van der Waals surface area contributed by atoms with Gasteiger partial charge in [0, 0.05) is 16.6 Å². The zero-order chi connectivity index (χ0) is 14.5. The third-order valence-corrected chi connectivity index (χ3v) is 3.44. The number of nitrogens with zero attached hydrogens (tertiary/aromatic N) is 3. The zero-order valence-corrected chi connectivity index (χ0v) is 13.1. The molecule has 20 heavy (non-hydrogen) atoms. The summed E-state index contributed by atoms with van der Waals surface area (Å²) in [5.74, 6) is 0. The van der Waals surface area contributed by atoms with Gasteiger partial charge in [-0.1, -0.05) is 42.3 Å².